The highest BCUT2D eigenvalue weighted by Crippen LogP contribution is 2.15. The fourth-order valence-electron chi connectivity index (χ4n) is 2.70. The van der Waals surface area contributed by atoms with Crippen molar-refractivity contribution in [2.24, 2.45) is 0 Å². The van der Waals surface area contributed by atoms with E-state index >= 15 is 0 Å². The van der Waals surface area contributed by atoms with Crippen molar-refractivity contribution in [3.63, 3.8) is 0 Å². The average Bonchev–Trinajstić information content (AvgIpc) is 2.87. The minimum Gasteiger partial charge on any atom is -0.323 e. The fourth-order valence-corrected chi connectivity index (χ4v) is 2.70. The molecule has 0 aliphatic carbocycles. The van der Waals surface area contributed by atoms with Crippen LogP contribution in [-0.2, 0) is 11.2 Å². The monoisotopic (exact) mass is 335 g/mol. The van der Waals surface area contributed by atoms with E-state index in [0.29, 0.717) is 24.5 Å². The van der Waals surface area contributed by atoms with E-state index < -0.39 is 0 Å². The third-order valence-electron chi connectivity index (χ3n) is 4.12. The van der Waals surface area contributed by atoms with Crippen LogP contribution in [-0.4, -0.2) is 25.4 Å². The van der Waals surface area contributed by atoms with Crippen molar-refractivity contribution >= 4 is 11.6 Å². The van der Waals surface area contributed by atoms with E-state index in [2.05, 4.69) is 20.3 Å². The van der Waals surface area contributed by atoms with Crippen LogP contribution in [0, 0.1) is 20.8 Å². The summed E-state index contributed by atoms with van der Waals surface area (Å²) in [5.41, 5.74) is 3.70. The number of carbonyl (C=O) groups is 1. The molecule has 1 N–H and O–H groups in total. The molecule has 0 bridgehead atoms. The lowest BCUT2D eigenvalue weighted by Crippen LogP contribution is -2.13. The Morgan fingerprint density at radius 2 is 1.76 bits per heavy atom. The first kappa shape index (κ1) is 16.8. The number of aromatic nitrogens is 4. The van der Waals surface area contributed by atoms with Gasteiger partial charge in [0.15, 0.2) is 0 Å². The maximum atomic E-state index is 12.1. The van der Waals surface area contributed by atoms with Crippen molar-refractivity contribution in [1.82, 2.24) is 19.5 Å². The molecule has 25 heavy (non-hydrogen) atoms. The van der Waals surface area contributed by atoms with E-state index in [1.54, 1.807) is 12.4 Å². The van der Waals surface area contributed by atoms with Crippen LogP contribution < -0.4 is 5.32 Å². The Labute approximate surface area is 147 Å². The van der Waals surface area contributed by atoms with Gasteiger partial charge in [-0.2, -0.15) is 0 Å². The predicted octanol–water partition coefficient (Wildman–Crippen LogP) is 3.16. The average molecular weight is 335 g/mol. The van der Waals surface area contributed by atoms with Gasteiger partial charge in [-0.1, -0.05) is 30.3 Å². The van der Waals surface area contributed by atoms with Gasteiger partial charge >= 0.3 is 0 Å². The summed E-state index contributed by atoms with van der Waals surface area (Å²) < 4.78 is 1.90. The number of hydrogen-bond acceptors (Lipinski definition) is 4. The smallest absolute Gasteiger partial charge is 0.235 e. The van der Waals surface area contributed by atoms with Gasteiger partial charge in [-0.05, 0) is 32.8 Å². The topological polar surface area (TPSA) is 72.7 Å². The second-order valence-electron chi connectivity index (χ2n) is 5.97. The van der Waals surface area contributed by atoms with Gasteiger partial charge in [-0.3, -0.25) is 9.36 Å². The number of nitrogens with one attached hydrogen (secondary N) is 1. The van der Waals surface area contributed by atoms with E-state index in [0.717, 1.165) is 22.8 Å². The van der Waals surface area contributed by atoms with Gasteiger partial charge in [0.25, 0.3) is 0 Å². The molecule has 0 spiro atoms. The number of rotatable bonds is 5. The second kappa shape index (κ2) is 7.25. The number of carbonyl (C=O) groups excluding carboxylic acids is 1. The molecule has 3 aromatic rings. The third-order valence-corrected chi connectivity index (χ3v) is 4.12. The van der Waals surface area contributed by atoms with Crippen LogP contribution in [0.2, 0.25) is 0 Å². The molecule has 1 aromatic carbocycles. The Hall–Kier alpha value is -3.02. The first-order chi connectivity index (χ1) is 12.0. The molecule has 0 atom stereocenters. The largest absolute Gasteiger partial charge is 0.323 e. The van der Waals surface area contributed by atoms with Crippen molar-refractivity contribution in [1.29, 1.82) is 0 Å². The Balaban J connectivity index is 1.63. The van der Waals surface area contributed by atoms with E-state index in [1.165, 1.54) is 0 Å². The lowest BCUT2D eigenvalue weighted by atomic mass is 10.1. The zero-order chi connectivity index (χ0) is 17.8. The van der Waals surface area contributed by atoms with E-state index in [-0.39, 0.29) is 5.91 Å². The number of nitrogens with zero attached hydrogens (tertiary/aromatic N) is 4. The maximum Gasteiger partial charge on any atom is 0.235 e. The van der Waals surface area contributed by atoms with Crippen LogP contribution in [0.4, 0.5) is 5.69 Å². The minimum absolute atomic E-state index is 0.0500. The van der Waals surface area contributed by atoms with Gasteiger partial charge in [-0.25, -0.2) is 15.0 Å². The highest BCUT2D eigenvalue weighted by atomic mass is 16.1. The van der Waals surface area contributed by atoms with Crippen LogP contribution in [0.5, 0.6) is 0 Å². The molecule has 0 unspecified atom stereocenters. The van der Waals surface area contributed by atoms with Gasteiger partial charge in [0.05, 0.1) is 23.8 Å². The lowest BCUT2D eigenvalue weighted by Gasteiger charge is -2.08. The third kappa shape index (κ3) is 3.91. The van der Waals surface area contributed by atoms with Crippen LogP contribution in [0.25, 0.3) is 5.95 Å². The molecule has 1 amide bonds. The molecule has 6 nitrogen and oxygen atoms in total. The van der Waals surface area contributed by atoms with Crippen LogP contribution in [0.1, 0.15) is 29.2 Å². The molecule has 2 heterocycles. The molecule has 3 rings (SSSR count). The summed E-state index contributed by atoms with van der Waals surface area (Å²) in [6.45, 7) is 5.86. The lowest BCUT2D eigenvalue weighted by molar-refractivity contribution is -0.116. The molecule has 2 aromatic heterocycles. The summed E-state index contributed by atoms with van der Waals surface area (Å²) in [5.74, 6) is 1.35. The molecule has 0 aliphatic rings. The number of anilines is 1. The Bertz CT molecular complexity index is 869. The Morgan fingerprint density at radius 1 is 1.08 bits per heavy atom. The molecule has 128 valence electrons. The number of imidazole rings is 1. The normalized spacial score (nSPS) is 10.7. The van der Waals surface area contributed by atoms with Gasteiger partial charge in [0, 0.05) is 12.1 Å². The zero-order valence-corrected chi connectivity index (χ0v) is 14.7. The van der Waals surface area contributed by atoms with Crippen molar-refractivity contribution in [3.8, 4) is 5.95 Å². The second-order valence-corrected chi connectivity index (χ2v) is 5.97. The molecule has 0 fully saturated rings. The highest BCUT2D eigenvalue weighted by molar-refractivity contribution is 5.90. The van der Waals surface area contributed by atoms with Gasteiger partial charge < -0.3 is 5.32 Å². The van der Waals surface area contributed by atoms with Crippen molar-refractivity contribution in [2.45, 2.75) is 33.6 Å². The highest BCUT2D eigenvalue weighted by Gasteiger charge is 2.12. The molecule has 0 saturated heterocycles. The van der Waals surface area contributed by atoms with Crippen LogP contribution in [0.3, 0.4) is 0 Å². The summed E-state index contributed by atoms with van der Waals surface area (Å²) in [7, 11) is 0. The van der Waals surface area contributed by atoms with Crippen molar-refractivity contribution in [3.05, 3.63) is 65.5 Å². The maximum absolute atomic E-state index is 12.1. The Kier molecular flexibility index (Phi) is 4.88. The molecular weight excluding hydrogens is 314 g/mol. The zero-order valence-electron chi connectivity index (χ0n) is 14.7. The fraction of sp³-hybridized carbons (Fsp3) is 0.263. The first-order valence-electron chi connectivity index (χ1n) is 8.23. The van der Waals surface area contributed by atoms with E-state index in [4.69, 9.17) is 0 Å². The molecule has 0 radical (unpaired) electrons. The molecule has 0 saturated carbocycles. The van der Waals surface area contributed by atoms with E-state index in [9.17, 15) is 4.79 Å². The predicted molar refractivity (Wildman–Crippen MR) is 96.8 cm³/mol. The van der Waals surface area contributed by atoms with Crippen molar-refractivity contribution < 1.29 is 4.79 Å². The SMILES string of the molecule is Cc1nc(C)n(-c2ncc(NC(=O)CCc3ccccc3)cn2)c1C. The van der Waals surface area contributed by atoms with E-state index in [1.807, 2.05) is 55.7 Å². The summed E-state index contributed by atoms with van der Waals surface area (Å²) in [5, 5.41) is 2.84. The molecule has 6 heteroatoms. The Morgan fingerprint density at radius 3 is 2.36 bits per heavy atom. The summed E-state index contributed by atoms with van der Waals surface area (Å²) in [6, 6.07) is 9.95. The van der Waals surface area contributed by atoms with Crippen molar-refractivity contribution in [2.75, 3.05) is 5.32 Å². The first-order valence-corrected chi connectivity index (χ1v) is 8.23. The number of hydrogen-bond donors (Lipinski definition) is 1. The van der Waals surface area contributed by atoms with Gasteiger partial charge in [0.1, 0.15) is 5.82 Å². The van der Waals surface area contributed by atoms with Crippen LogP contribution in [0.15, 0.2) is 42.7 Å². The molecular formula is C19H21N5O. The standard InChI is InChI=1S/C19H21N5O/c1-13-14(2)24(15(3)22-13)19-20-11-17(12-21-19)23-18(25)10-9-16-7-5-4-6-8-16/h4-8,11-12H,9-10H2,1-3H3,(H,23,25). The van der Waals surface area contributed by atoms with Gasteiger partial charge in [-0.15, -0.1) is 0 Å². The van der Waals surface area contributed by atoms with Crippen LogP contribution >= 0.6 is 0 Å². The van der Waals surface area contributed by atoms with Gasteiger partial charge in [0.2, 0.25) is 11.9 Å². The number of amides is 1. The minimum atomic E-state index is -0.0500. The summed E-state index contributed by atoms with van der Waals surface area (Å²) in [6.07, 6.45) is 4.37. The summed E-state index contributed by atoms with van der Waals surface area (Å²) in [4.78, 5) is 25.2. The summed E-state index contributed by atoms with van der Waals surface area (Å²) >= 11 is 0. The number of benzene rings is 1. The quantitative estimate of drug-likeness (QED) is 0.777. The molecule has 0 aliphatic heterocycles. The number of aryl methyl sites for hydroxylation is 3.